The number of methoxy groups -OCH3 is 1. The van der Waals surface area contributed by atoms with Gasteiger partial charge in [0.2, 0.25) is 0 Å². The molecule has 1 N–H and O–H groups in total. The van der Waals surface area contributed by atoms with E-state index < -0.39 is 0 Å². The monoisotopic (exact) mass is 456 g/mol. The van der Waals surface area contributed by atoms with Crippen LogP contribution in [0.15, 0.2) is 35.3 Å². The fourth-order valence-electron chi connectivity index (χ4n) is 3.21. The molecule has 0 saturated carbocycles. The first-order valence-electron chi connectivity index (χ1n) is 8.81. The maximum absolute atomic E-state index is 5.33. The van der Waals surface area contributed by atoms with Gasteiger partial charge in [0.05, 0.1) is 7.11 Å². The van der Waals surface area contributed by atoms with Crippen molar-refractivity contribution in [3.63, 3.8) is 0 Å². The number of ether oxygens (including phenoxy) is 1. The summed E-state index contributed by atoms with van der Waals surface area (Å²) in [5.74, 6) is 1.93. The lowest BCUT2D eigenvalue weighted by atomic mass is 9.99. The molecule has 0 spiro atoms. The molecule has 2 aliphatic rings. The molecule has 5 nitrogen and oxygen atoms in total. The Hall–Kier alpha value is -1.28. The quantitative estimate of drug-likeness (QED) is 0.420. The highest BCUT2D eigenvalue weighted by molar-refractivity contribution is 14.0. The highest BCUT2D eigenvalue weighted by Crippen LogP contribution is 2.25. The molecule has 0 bridgehead atoms. The minimum Gasteiger partial charge on any atom is -0.497 e. The van der Waals surface area contributed by atoms with Crippen molar-refractivity contribution in [2.75, 3.05) is 53.4 Å². The Morgan fingerprint density at radius 3 is 2.72 bits per heavy atom. The highest BCUT2D eigenvalue weighted by Gasteiger charge is 2.17. The zero-order valence-corrected chi connectivity index (χ0v) is 17.5. The molecule has 1 saturated heterocycles. The number of likely N-dealkylation sites (tertiary alicyclic amines) is 1. The first-order chi connectivity index (χ1) is 11.8. The molecule has 1 aromatic rings. The Labute approximate surface area is 168 Å². The van der Waals surface area contributed by atoms with Gasteiger partial charge in [-0.3, -0.25) is 4.99 Å². The summed E-state index contributed by atoms with van der Waals surface area (Å²) in [6.45, 7) is 6.46. The standard InChI is InChI=1S/C19H28N4O.HI/c1-20-19(21-9-14-22-10-4-11-22)23-12-7-16(8-13-23)17-5-3-6-18(15-17)24-2;/h3,5-7,15H,4,8-14H2,1-2H3,(H,20,21);1H. The Morgan fingerprint density at radius 2 is 2.12 bits per heavy atom. The van der Waals surface area contributed by atoms with Gasteiger partial charge in [-0.1, -0.05) is 18.2 Å². The lowest BCUT2D eigenvalue weighted by Gasteiger charge is -2.33. The number of nitrogens with one attached hydrogen (secondary N) is 1. The summed E-state index contributed by atoms with van der Waals surface area (Å²) in [6, 6.07) is 8.31. The summed E-state index contributed by atoms with van der Waals surface area (Å²) in [4.78, 5) is 9.23. The van der Waals surface area contributed by atoms with Crippen LogP contribution in [0.4, 0.5) is 0 Å². The summed E-state index contributed by atoms with van der Waals surface area (Å²) in [6.07, 6.45) is 4.68. The van der Waals surface area contributed by atoms with Crippen LogP contribution in [-0.2, 0) is 0 Å². The molecule has 0 atom stereocenters. The maximum atomic E-state index is 5.33. The Bertz CT molecular complexity index is 613. The molecule has 2 heterocycles. The molecule has 0 radical (unpaired) electrons. The smallest absolute Gasteiger partial charge is 0.193 e. The fourth-order valence-corrected chi connectivity index (χ4v) is 3.21. The van der Waals surface area contributed by atoms with E-state index in [0.717, 1.165) is 44.3 Å². The minimum atomic E-state index is 0. The normalized spacial score (nSPS) is 18.1. The van der Waals surface area contributed by atoms with Crippen molar-refractivity contribution < 1.29 is 4.74 Å². The molecule has 0 aliphatic carbocycles. The van der Waals surface area contributed by atoms with Crippen LogP contribution in [0, 0.1) is 0 Å². The van der Waals surface area contributed by atoms with Crippen molar-refractivity contribution in [2.24, 2.45) is 4.99 Å². The third-order valence-electron chi connectivity index (χ3n) is 4.82. The van der Waals surface area contributed by atoms with E-state index in [1.807, 2.05) is 13.1 Å². The average molecular weight is 456 g/mol. The van der Waals surface area contributed by atoms with Gasteiger partial charge in [0.15, 0.2) is 5.96 Å². The zero-order chi connectivity index (χ0) is 16.8. The molecular weight excluding hydrogens is 427 g/mol. The van der Waals surface area contributed by atoms with Gasteiger partial charge < -0.3 is 19.9 Å². The lowest BCUT2D eigenvalue weighted by molar-refractivity contribution is 0.184. The van der Waals surface area contributed by atoms with Gasteiger partial charge in [-0.25, -0.2) is 0 Å². The Kier molecular flexibility index (Phi) is 8.02. The van der Waals surface area contributed by atoms with E-state index in [9.17, 15) is 0 Å². The number of aliphatic imine (C=N–C) groups is 1. The van der Waals surface area contributed by atoms with Gasteiger partial charge in [-0.15, -0.1) is 24.0 Å². The number of rotatable bonds is 5. The summed E-state index contributed by atoms with van der Waals surface area (Å²) in [5.41, 5.74) is 2.65. The predicted molar refractivity (Wildman–Crippen MR) is 115 cm³/mol. The third-order valence-corrected chi connectivity index (χ3v) is 4.82. The summed E-state index contributed by atoms with van der Waals surface area (Å²) < 4.78 is 5.33. The van der Waals surface area contributed by atoms with Gasteiger partial charge >= 0.3 is 0 Å². The number of hydrogen-bond acceptors (Lipinski definition) is 3. The topological polar surface area (TPSA) is 40.1 Å². The van der Waals surface area contributed by atoms with Crippen LogP contribution in [0.2, 0.25) is 0 Å². The SMILES string of the molecule is CN=C(NCCN1CCC1)N1CC=C(c2cccc(OC)c2)CC1.I. The molecule has 1 aromatic carbocycles. The fraction of sp³-hybridized carbons (Fsp3) is 0.526. The zero-order valence-electron chi connectivity index (χ0n) is 15.2. The van der Waals surface area contributed by atoms with Crippen molar-refractivity contribution in [3.05, 3.63) is 35.9 Å². The van der Waals surface area contributed by atoms with Crippen LogP contribution in [-0.4, -0.2) is 69.2 Å². The first-order valence-corrected chi connectivity index (χ1v) is 8.81. The highest BCUT2D eigenvalue weighted by atomic mass is 127. The molecular formula is C19H29IN4O. The van der Waals surface area contributed by atoms with Crippen LogP contribution in [0.5, 0.6) is 5.75 Å². The number of guanidine groups is 1. The van der Waals surface area contributed by atoms with Gasteiger partial charge in [0, 0.05) is 33.2 Å². The van der Waals surface area contributed by atoms with Gasteiger partial charge in [0.1, 0.15) is 5.75 Å². The van der Waals surface area contributed by atoms with E-state index in [1.54, 1.807) is 7.11 Å². The van der Waals surface area contributed by atoms with E-state index in [2.05, 4.69) is 44.4 Å². The van der Waals surface area contributed by atoms with Crippen molar-refractivity contribution in [2.45, 2.75) is 12.8 Å². The Balaban J connectivity index is 0.00000225. The lowest BCUT2D eigenvalue weighted by Crippen LogP contribution is -2.47. The van der Waals surface area contributed by atoms with Gasteiger partial charge in [-0.2, -0.15) is 0 Å². The van der Waals surface area contributed by atoms with Crippen LogP contribution < -0.4 is 10.1 Å². The van der Waals surface area contributed by atoms with Crippen LogP contribution in [0.1, 0.15) is 18.4 Å². The minimum absolute atomic E-state index is 0. The van der Waals surface area contributed by atoms with E-state index in [0.29, 0.717) is 0 Å². The Morgan fingerprint density at radius 1 is 1.28 bits per heavy atom. The van der Waals surface area contributed by atoms with E-state index in [-0.39, 0.29) is 24.0 Å². The predicted octanol–water partition coefficient (Wildman–Crippen LogP) is 2.68. The molecule has 3 rings (SSSR count). The maximum Gasteiger partial charge on any atom is 0.193 e. The number of hydrogen-bond donors (Lipinski definition) is 1. The molecule has 2 aliphatic heterocycles. The molecule has 0 amide bonds. The average Bonchev–Trinajstić information content (AvgIpc) is 2.60. The molecule has 25 heavy (non-hydrogen) atoms. The number of benzene rings is 1. The number of nitrogens with zero attached hydrogens (tertiary/aromatic N) is 3. The largest absolute Gasteiger partial charge is 0.497 e. The van der Waals surface area contributed by atoms with Crippen molar-refractivity contribution in [1.82, 2.24) is 15.1 Å². The summed E-state index contributed by atoms with van der Waals surface area (Å²) in [7, 11) is 3.58. The van der Waals surface area contributed by atoms with E-state index in [4.69, 9.17) is 4.74 Å². The van der Waals surface area contributed by atoms with Crippen molar-refractivity contribution >= 4 is 35.5 Å². The molecule has 1 fully saturated rings. The van der Waals surface area contributed by atoms with Gasteiger partial charge in [0.25, 0.3) is 0 Å². The van der Waals surface area contributed by atoms with Crippen molar-refractivity contribution in [1.29, 1.82) is 0 Å². The van der Waals surface area contributed by atoms with Crippen molar-refractivity contribution in [3.8, 4) is 5.75 Å². The molecule has 138 valence electrons. The second kappa shape index (κ2) is 10.0. The first kappa shape index (κ1) is 20.0. The van der Waals surface area contributed by atoms with Gasteiger partial charge in [-0.05, 0) is 49.2 Å². The number of halogens is 1. The summed E-state index contributed by atoms with van der Waals surface area (Å²) in [5, 5.41) is 3.50. The van der Waals surface area contributed by atoms with Crippen LogP contribution in [0.3, 0.4) is 0 Å². The second-order valence-electron chi connectivity index (χ2n) is 6.33. The third kappa shape index (κ3) is 5.34. The molecule has 0 aromatic heterocycles. The van der Waals surface area contributed by atoms with E-state index in [1.165, 1.54) is 30.6 Å². The summed E-state index contributed by atoms with van der Waals surface area (Å²) >= 11 is 0. The van der Waals surface area contributed by atoms with Crippen LogP contribution >= 0.6 is 24.0 Å². The second-order valence-corrected chi connectivity index (χ2v) is 6.33. The van der Waals surface area contributed by atoms with E-state index >= 15 is 0 Å². The molecule has 0 unspecified atom stereocenters. The van der Waals surface area contributed by atoms with Crippen LogP contribution in [0.25, 0.3) is 5.57 Å². The molecule has 6 heteroatoms.